The Morgan fingerprint density at radius 3 is 2.33 bits per heavy atom. The smallest absolute Gasteiger partial charge is 0.301 e. The number of carbonyl (C=O) groups excluding carboxylic acids is 2. The molecule has 1 aliphatic rings. The highest BCUT2D eigenvalue weighted by Gasteiger charge is 2.40. The summed E-state index contributed by atoms with van der Waals surface area (Å²) in [4.78, 5) is 24.7. The van der Waals surface area contributed by atoms with Crippen molar-refractivity contribution in [2.45, 2.75) is 6.92 Å². The van der Waals surface area contributed by atoms with Crippen LogP contribution >= 0.6 is 0 Å². The van der Waals surface area contributed by atoms with Crippen LogP contribution < -0.4 is 4.90 Å². The predicted octanol–water partition coefficient (Wildman–Crippen LogP) is 1.22. The molecule has 0 spiro atoms. The molecule has 0 radical (unpaired) electrons. The van der Waals surface area contributed by atoms with Crippen LogP contribution in [0.5, 0.6) is 0 Å². The molecule has 6 nitrogen and oxygen atoms in total. The summed E-state index contributed by atoms with van der Waals surface area (Å²) in [6.07, 6.45) is 0. The lowest BCUT2D eigenvalue weighted by Crippen LogP contribution is -2.32. The van der Waals surface area contributed by atoms with Gasteiger partial charge in [0.2, 0.25) is 0 Å². The van der Waals surface area contributed by atoms with Crippen molar-refractivity contribution in [3.8, 4) is 0 Å². The van der Waals surface area contributed by atoms with E-state index in [0.29, 0.717) is 5.69 Å². The number of oxime groups is 1. The molecule has 1 heterocycles. The van der Waals surface area contributed by atoms with Crippen molar-refractivity contribution in [2.75, 3.05) is 4.90 Å². The first-order valence-corrected chi connectivity index (χ1v) is 5.14. The van der Waals surface area contributed by atoms with Crippen molar-refractivity contribution >= 4 is 23.2 Å². The van der Waals surface area contributed by atoms with Gasteiger partial charge in [-0.2, -0.15) is 0 Å². The lowest BCUT2D eigenvalue weighted by atomic mass is 10.1. The van der Waals surface area contributed by atoms with E-state index < -0.39 is 17.6 Å². The van der Waals surface area contributed by atoms with E-state index in [4.69, 9.17) is 5.21 Å². The fourth-order valence-electron chi connectivity index (χ4n) is 1.71. The van der Waals surface area contributed by atoms with Crippen LogP contribution in [0.3, 0.4) is 0 Å². The molecule has 1 aromatic rings. The number of rotatable bonds is 2. The van der Waals surface area contributed by atoms with Gasteiger partial charge in [0.1, 0.15) is 5.57 Å². The van der Waals surface area contributed by atoms with Crippen LogP contribution in [-0.4, -0.2) is 27.8 Å². The molecule has 0 aliphatic carbocycles. The maximum Gasteiger partial charge on any atom is 0.301 e. The number of benzene rings is 1. The quantitative estimate of drug-likeness (QED) is 0.355. The van der Waals surface area contributed by atoms with Crippen molar-refractivity contribution in [1.29, 1.82) is 0 Å². The maximum absolute atomic E-state index is 12.0. The highest BCUT2D eigenvalue weighted by molar-refractivity contribution is 6.41. The van der Waals surface area contributed by atoms with Crippen LogP contribution in [0.4, 0.5) is 5.69 Å². The average molecular weight is 246 g/mol. The second-order valence-corrected chi connectivity index (χ2v) is 3.69. The second kappa shape index (κ2) is 4.33. The third-order valence-electron chi connectivity index (χ3n) is 2.59. The summed E-state index contributed by atoms with van der Waals surface area (Å²) < 4.78 is 0. The molecular weight excluding hydrogens is 236 g/mol. The van der Waals surface area contributed by atoms with E-state index in [1.165, 1.54) is 6.92 Å². The highest BCUT2D eigenvalue weighted by atomic mass is 16.4. The maximum atomic E-state index is 12.0. The van der Waals surface area contributed by atoms with Crippen molar-refractivity contribution in [1.82, 2.24) is 0 Å². The van der Waals surface area contributed by atoms with E-state index in [0.717, 1.165) is 4.90 Å². The van der Waals surface area contributed by atoms with Crippen LogP contribution in [0.25, 0.3) is 0 Å². The van der Waals surface area contributed by atoms with Gasteiger partial charge < -0.3 is 10.3 Å². The molecule has 0 aromatic heterocycles. The van der Waals surface area contributed by atoms with E-state index >= 15 is 0 Å². The van der Waals surface area contributed by atoms with E-state index in [2.05, 4.69) is 5.16 Å². The van der Waals surface area contributed by atoms with Gasteiger partial charge in [-0.3, -0.25) is 9.59 Å². The topological polar surface area (TPSA) is 90.2 Å². The Bertz CT molecular complexity index is 575. The minimum Gasteiger partial charge on any atom is -0.502 e. The van der Waals surface area contributed by atoms with Crippen molar-refractivity contribution in [2.24, 2.45) is 5.16 Å². The van der Waals surface area contributed by atoms with E-state index in [-0.39, 0.29) is 11.3 Å². The van der Waals surface area contributed by atoms with Gasteiger partial charge in [0, 0.05) is 0 Å². The minimum atomic E-state index is -0.829. The largest absolute Gasteiger partial charge is 0.502 e. The van der Waals surface area contributed by atoms with E-state index in [1.807, 2.05) is 0 Å². The number of hydrogen-bond donors (Lipinski definition) is 2. The van der Waals surface area contributed by atoms with Crippen molar-refractivity contribution < 1.29 is 19.9 Å². The minimum absolute atomic E-state index is 0.107. The molecule has 0 unspecified atom stereocenters. The molecule has 0 bridgehead atoms. The Morgan fingerprint density at radius 1 is 1.17 bits per heavy atom. The van der Waals surface area contributed by atoms with Gasteiger partial charge in [0.25, 0.3) is 5.91 Å². The molecule has 1 aromatic carbocycles. The Labute approximate surface area is 102 Å². The highest BCUT2D eigenvalue weighted by Crippen LogP contribution is 2.26. The first-order valence-electron chi connectivity index (χ1n) is 5.14. The number of carbonyl (C=O) groups is 2. The molecule has 0 saturated heterocycles. The molecule has 18 heavy (non-hydrogen) atoms. The third kappa shape index (κ3) is 1.64. The second-order valence-electron chi connectivity index (χ2n) is 3.69. The lowest BCUT2D eigenvalue weighted by Gasteiger charge is -2.13. The molecule has 2 N–H and O–H groups in total. The molecule has 2 amide bonds. The summed E-state index contributed by atoms with van der Waals surface area (Å²) in [5.41, 5.74) is -0.0459. The third-order valence-corrected chi connectivity index (χ3v) is 2.59. The number of anilines is 1. The molecule has 0 saturated carbocycles. The Kier molecular flexibility index (Phi) is 2.85. The van der Waals surface area contributed by atoms with Crippen molar-refractivity contribution in [3.63, 3.8) is 0 Å². The summed E-state index contributed by atoms with van der Waals surface area (Å²) in [6, 6.07) is 8.20. The first-order chi connectivity index (χ1) is 8.57. The SMILES string of the molecule is C/C(=N\O)C1=C(O)C(=O)N(c2ccccc2)C1=O. The standard InChI is InChI=1S/C12H10N2O4/c1-7(13-18)9-10(15)12(17)14(11(9)16)8-5-3-2-4-6-8/h2-6,15,18H,1H3/b13-7+. The number of aliphatic hydroxyl groups is 1. The van der Waals surface area contributed by atoms with Crippen LogP contribution in [0.1, 0.15) is 6.92 Å². The van der Waals surface area contributed by atoms with Crippen molar-refractivity contribution in [3.05, 3.63) is 41.7 Å². The van der Waals surface area contributed by atoms with Crippen LogP contribution in [-0.2, 0) is 9.59 Å². The van der Waals surface area contributed by atoms with Crippen LogP contribution in [0.15, 0.2) is 46.8 Å². The normalized spacial score (nSPS) is 16.7. The summed E-state index contributed by atoms with van der Waals surface area (Å²) in [5.74, 6) is -2.25. The molecule has 92 valence electrons. The van der Waals surface area contributed by atoms with Gasteiger partial charge in [0.05, 0.1) is 11.4 Å². The van der Waals surface area contributed by atoms with Gasteiger partial charge in [-0.05, 0) is 19.1 Å². The lowest BCUT2D eigenvalue weighted by molar-refractivity contribution is -0.121. The van der Waals surface area contributed by atoms with E-state index in [9.17, 15) is 14.7 Å². The molecule has 1 aliphatic heterocycles. The summed E-state index contributed by atoms with van der Waals surface area (Å²) in [7, 11) is 0. The number of para-hydroxylation sites is 1. The van der Waals surface area contributed by atoms with Gasteiger partial charge in [-0.1, -0.05) is 23.4 Å². The van der Waals surface area contributed by atoms with Gasteiger partial charge >= 0.3 is 5.91 Å². The molecule has 2 rings (SSSR count). The summed E-state index contributed by atoms with van der Waals surface area (Å²) >= 11 is 0. The molecule has 0 atom stereocenters. The first kappa shape index (κ1) is 11.8. The number of aliphatic hydroxyl groups excluding tert-OH is 1. The zero-order valence-electron chi connectivity index (χ0n) is 9.49. The van der Waals surface area contributed by atoms with Gasteiger partial charge in [0.15, 0.2) is 5.76 Å². The zero-order chi connectivity index (χ0) is 13.3. The fraction of sp³-hybridized carbons (Fsp3) is 0.0833. The predicted molar refractivity (Wildman–Crippen MR) is 63.5 cm³/mol. The Balaban J connectivity index is 2.48. The molecular formula is C12H10N2O4. The van der Waals surface area contributed by atoms with Gasteiger partial charge in [-0.25, -0.2) is 4.90 Å². The summed E-state index contributed by atoms with van der Waals surface area (Å²) in [5, 5.41) is 21.1. The van der Waals surface area contributed by atoms with E-state index in [1.54, 1.807) is 30.3 Å². The average Bonchev–Trinajstić information content (AvgIpc) is 2.61. The number of nitrogens with zero attached hydrogens (tertiary/aromatic N) is 2. The Morgan fingerprint density at radius 2 is 1.78 bits per heavy atom. The van der Waals surface area contributed by atoms with Crippen LogP contribution in [0, 0.1) is 0 Å². The van der Waals surface area contributed by atoms with Gasteiger partial charge in [-0.15, -0.1) is 0 Å². The van der Waals surface area contributed by atoms with Crippen LogP contribution in [0.2, 0.25) is 0 Å². The Hall–Kier alpha value is -2.63. The number of imide groups is 1. The molecule has 0 fully saturated rings. The fourth-order valence-corrected chi connectivity index (χ4v) is 1.71. The zero-order valence-corrected chi connectivity index (χ0v) is 9.49. The number of amides is 2. The monoisotopic (exact) mass is 246 g/mol. The molecule has 6 heteroatoms. The number of hydrogen-bond acceptors (Lipinski definition) is 5. The summed E-state index contributed by atoms with van der Waals surface area (Å²) in [6.45, 7) is 1.32.